The smallest absolute Gasteiger partial charge is 0.159 e. The molecule has 0 radical (unpaired) electrons. The SMILES string of the molecule is Cn1cc2c(n1)c(-c1c(F)ccc3c1C(C#N)=C(N)C3)c(F)c1nc(CCC34CCCN3CCC4)nc(N3CC4CCC(C3)N4)c12. The molecule has 5 aliphatic rings. The van der Waals surface area contributed by atoms with E-state index in [4.69, 9.17) is 20.8 Å². The number of benzene rings is 2. The lowest BCUT2D eigenvalue weighted by Crippen LogP contribution is -2.51. The average molecular weight is 622 g/mol. The number of nitrogens with one attached hydrogen (secondary N) is 1. The van der Waals surface area contributed by atoms with Gasteiger partial charge in [-0.3, -0.25) is 9.58 Å². The van der Waals surface area contributed by atoms with Gasteiger partial charge in [0.2, 0.25) is 0 Å². The summed E-state index contributed by atoms with van der Waals surface area (Å²) in [7, 11) is 1.78. The highest BCUT2D eigenvalue weighted by Gasteiger charge is 2.44. The summed E-state index contributed by atoms with van der Waals surface area (Å²) in [5.74, 6) is 0.0897. The molecule has 6 heterocycles. The zero-order valence-corrected chi connectivity index (χ0v) is 26.0. The number of fused-ring (bicyclic) bond motifs is 7. The summed E-state index contributed by atoms with van der Waals surface area (Å²) in [6, 6.07) is 5.83. The summed E-state index contributed by atoms with van der Waals surface area (Å²) in [5.41, 5.74) is 8.55. The second kappa shape index (κ2) is 10.2. The highest BCUT2D eigenvalue weighted by molar-refractivity contribution is 6.16. The van der Waals surface area contributed by atoms with Crippen molar-refractivity contribution in [2.75, 3.05) is 31.1 Å². The number of anilines is 1. The van der Waals surface area contributed by atoms with E-state index in [1.165, 1.54) is 31.7 Å². The largest absolute Gasteiger partial charge is 0.401 e. The number of aromatic nitrogens is 4. The Morgan fingerprint density at radius 1 is 1.04 bits per heavy atom. The highest BCUT2D eigenvalue weighted by Crippen LogP contribution is 2.47. The van der Waals surface area contributed by atoms with Crippen molar-refractivity contribution in [2.45, 2.75) is 75.4 Å². The molecule has 4 aromatic rings. The van der Waals surface area contributed by atoms with Gasteiger partial charge in [-0.25, -0.2) is 18.7 Å². The maximum atomic E-state index is 17.4. The number of allylic oxidation sites excluding steroid dienone is 2. The topological polar surface area (TPSA) is 112 Å². The van der Waals surface area contributed by atoms with E-state index < -0.39 is 11.6 Å². The molecular weight excluding hydrogens is 584 g/mol. The zero-order chi connectivity index (χ0) is 31.3. The number of hydrogen-bond donors (Lipinski definition) is 2. The Labute approximate surface area is 266 Å². The van der Waals surface area contributed by atoms with E-state index in [9.17, 15) is 5.26 Å². The second-order valence-electron chi connectivity index (χ2n) is 14.0. The molecule has 4 aliphatic heterocycles. The number of nitrogens with two attached hydrogens (primary N) is 1. The first-order valence-corrected chi connectivity index (χ1v) is 16.7. The molecule has 2 aromatic carbocycles. The Hall–Kier alpha value is -4.14. The van der Waals surface area contributed by atoms with E-state index in [1.807, 2.05) is 6.20 Å². The zero-order valence-electron chi connectivity index (χ0n) is 26.0. The lowest BCUT2D eigenvalue weighted by molar-refractivity contribution is 0.182. The van der Waals surface area contributed by atoms with E-state index in [1.54, 1.807) is 17.8 Å². The number of nitrogens with zero attached hydrogens (tertiary/aromatic N) is 7. The van der Waals surface area contributed by atoms with Crippen LogP contribution < -0.4 is 16.0 Å². The highest BCUT2D eigenvalue weighted by atomic mass is 19.1. The monoisotopic (exact) mass is 621 g/mol. The average Bonchev–Trinajstić information content (AvgIpc) is 3.85. The molecule has 2 bridgehead atoms. The predicted molar refractivity (Wildman–Crippen MR) is 173 cm³/mol. The molecule has 2 aromatic heterocycles. The molecular formula is C35H37F2N9. The Kier molecular flexibility index (Phi) is 6.22. The molecule has 4 saturated heterocycles. The minimum absolute atomic E-state index is 0.0194. The van der Waals surface area contributed by atoms with Crippen LogP contribution in [0.3, 0.4) is 0 Å². The van der Waals surface area contributed by atoms with Crippen molar-refractivity contribution in [3.05, 3.63) is 52.6 Å². The van der Waals surface area contributed by atoms with Crippen molar-refractivity contribution < 1.29 is 8.78 Å². The molecule has 3 N–H and O–H groups in total. The van der Waals surface area contributed by atoms with Gasteiger partial charge in [-0.1, -0.05) is 6.07 Å². The van der Waals surface area contributed by atoms with Gasteiger partial charge in [0, 0.05) is 79.0 Å². The van der Waals surface area contributed by atoms with Crippen LogP contribution in [0, 0.1) is 23.0 Å². The van der Waals surface area contributed by atoms with Crippen LogP contribution in [0.4, 0.5) is 14.6 Å². The van der Waals surface area contributed by atoms with Crippen LogP contribution in [0.5, 0.6) is 0 Å². The Morgan fingerprint density at radius 2 is 1.80 bits per heavy atom. The molecule has 2 atom stereocenters. The maximum absolute atomic E-state index is 17.4. The molecule has 236 valence electrons. The fraction of sp³-hybridized carbons (Fsp3) is 0.486. The third kappa shape index (κ3) is 4.05. The molecule has 2 unspecified atom stereocenters. The first-order chi connectivity index (χ1) is 22.3. The quantitative estimate of drug-likeness (QED) is 0.330. The first-order valence-electron chi connectivity index (χ1n) is 16.7. The van der Waals surface area contributed by atoms with Gasteiger partial charge < -0.3 is 16.0 Å². The van der Waals surface area contributed by atoms with Gasteiger partial charge in [0.1, 0.15) is 34.6 Å². The van der Waals surface area contributed by atoms with Crippen LogP contribution in [-0.2, 0) is 19.9 Å². The minimum atomic E-state index is -0.638. The lowest BCUT2D eigenvalue weighted by atomic mass is 9.88. The fourth-order valence-electron chi connectivity index (χ4n) is 9.38. The Bertz CT molecular complexity index is 2000. The van der Waals surface area contributed by atoms with Crippen molar-refractivity contribution in [3.8, 4) is 17.2 Å². The van der Waals surface area contributed by atoms with Gasteiger partial charge in [0.25, 0.3) is 0 Å². The van der Waals surface area contributed by atoms with Crippen molar-refractivity contribution in [2.24, 2.45) is 12.8 Å². The molecule has 0 spiro atoms. The van der Waals surface area contributed by atoms with Gasteiger partial charge in [-0.05, 0) is 69.7 Å². The summed E-state index contributed by atoms with van der Waals surface area (Å²) in [5, 5.41) is 19.7. The van der Waals surface area contributed by atoms with Crippen molar-refractivity contribution in [3.63, 3.8) is 0 Å². The van der Waals surface area contributed by atoms with Crippen molar-refractivity contribution in [1.29, 1.82) is 5.26 Å². The van der Waals surface area contributed by atoms with E-state index in [0.29, 0.717) is 63.9 Å². The van der Waals surface area contributed by atoms with E-state index >= 15 is 8.78 Å². The number of hydrogen-bond acceptors (Lipinski definition) is 8. The molecule has 46 heavy (non-hydrogen) atoms. The number of halogens is 2. The van der Waals surface area contributed by atoms with Gasteiger partial charge in [0.15, 0.2) is 5.82 Å². The van der Waals surface area contributed by atoms with E-state index in [0.717, 1.165) is 51.3 Å². The van der Waals surface area contributed by atoms with Crippen molar-refractivity contribution in [1.82, 2.24) is 30.0 Å². The summed E-state index contributed by atoms with van der Waals surface area (Å²) in [6.45, 7) is 3.84. The van der Waals surface area contributed by atoms with E-state index in [-0.39, 0.29) is 27.8 Å². The van der Waals surface area contributed by atoms with Gasteiger partial charge in [-0.15, -0.1) is 0 Å². The van der Waals surface area contributed by atoms with Gasteiger partial charge >= 0.3 is 0 Å². The normalized spacial score (nSPS) is 23.6. The summed E-state index contributed by atoms with van der Waals surface area (Å²) in [6.07, 6.45) is 10.7. The van der Waals surface area contributed by atoms with E-state index in [2.05, 4.69) is 21.2 Å². The van der Waals surface area contributed by atoms with Crippen LogP contribution in [0.25, 0.3) is 38.5 Å². The third-order valence-corrected chi connectivity index (χ3v) is 11.4. The van der Waals surface area contributed by atoms with Gasteiger partial charge in [0.05, 0.1) is 16.5 Å². The molecule has 0 saturated carbocycles. The van der Waals surface area contributed by atoms with Crippen LogP contribution in [0.2, 0.25) is 0 Å². The number of rotatable bonds is 5. The van der Waals surface area contributed by atoms with Crippen LogP contribution in [0.1, 0.15) is 61.9 Å². The number of nitriles is 1. The molecule has 1 aliphatic carbocycles. The van der Waals surface area contributed by atoms with Crippen LogP contribution in [-0.4, -0.2) is 68.4 Å². The number of aryl methyl sites for hydroxylation is 2. The molecule has 9 nitrogen and oxygen atoms in total. The third-order valence-electron chi connectivity index (χ3n) is 11.4. The van der Waals surface area contributed by atoms with Crippen molar-refractivity contribution >= 4 is 33.2 Å². The summed E-state index contributed by atoms with van der Waals surface area (Å²) >= 11 is 0. The predicted octanol–water partition coefficient (Wildman–Crippen LogP) is 4.71. The Balaban J connectivity index is 1.29. The molecule has 4 fully saturated rings. The molecule has 9 rings (SSSR count). The second-order valence-corrected chi connectivity index (χ2v) is 14.0. The van der Waals surface area contributed by atoms with Crippen LogP contribution >= 0.6 is 0 Å². The first kappa shape index (κ1) is 28.1. The minimum Gasteiger partial charge on any atom is -0.401 e. The molecule has 11 heteroatoms. The summed E-state index contributed by atoms with van der Waals surface area (Å²) in [4.78, 5) is 15.1. The Morgan fingerprint density at radius 3 is 2.54 bits per heavy atom. The fourth-order valence-corrected chi connectivity index (χ4v) is 9.38. The summed E-state index contributed by atoms with van der Waals surface area (Å²) < 4.78 is 35.1. The lowest BCUT2D eigenvalue weighted by Gasteiger charge is -2.35. The van der Waals surface area contributed by atoms with Crippen LogP contribution in [0.15, 0.2) is 24.0 Å². The maximum Gasteiger partial charge on any atom is 0.159 e. The molecule has 0 amide bonds. The number of piperazine rings is 1. The standard InChI is InChI=1S/C35H37F2N9/c1-44-18-23-28-33(31(37)30(32(23)43-44)29-24(36)7-4-19-14-25(39)22(15-38)27(19)29)41-26(8-11-35-9-2-12-46(35)13-3-10-35)42-34(28)45-16-20-5-6-21(17-45)40-20/h4,7,18,20-21,40H,2-3,5-6,8-14,16-17,39H2,1H3. The van der Waals surface area contributed by atoms with Gasteiger partial charge in [-0.2, -0.15) is 10.4 Å².